The van der Waals surface area contributed by atoms with Gasteiger partial charge in [0, 0.05) is 29.6 Å². The number of amides is 1. The third-order valence-corrected chi connectivity index (χ3v) is 3.83. The lowest BCUT2D eigenvalue weighted by atomic mass is 10.2. The first-order chi connectivity index (χ1) is 8.76. The molecule has 3 nitrogen and oxygen atoms in total. The molecule has 1 amide bonds. The molecule has 2 aromatic rings. The summed E-state index contributed by atoms with van der Waals surface area (Å²) in [5, 5.41) is 1.13. The van der Waals surface area contributed by atoms with Crippen LogP contribution in [0, 0.1) is 0 Å². The van der Waals surface area contributed by atoms with Crippen molar-refractivity contribution in [3.8, 4) is 0 Å². The molecule has 94 valence electrons. The molecule has 1 heterocycles. The molecule has 0 fully saturated rings. The van der Waals surface area contributed by atoms with Crippen LogP contribution in [0.1, 0.15) is 13.8 Å². The number of carbonyl (C=O) groups excluding carboxylic acids is 1. The average molecular weight is 260 g/mol. The second kappa shape index (κ2) is 5.87. The highest BCUT2D eigenvalue weighted by Crippen LogP contribution is 2.28. The van der Waals surface area contributed by atoms with Crippen LogP contribution in [0.2, 0.25) is 0 Å². The number of hydrogen-bond donors (Lipinski definition) is 0. The predicted molar refractivity (Wildman–Crippen MR) is 75.9 cm³/mol. The highest BCUT2D eigenvalue weighted by molar-refractivity contribution is 8.13. The smallest absolute Gasteiger partial charge is 0.286 e. The van der Waals surface area contributed by atoms with Crippen molar-refractivity contribution in [3.05, 3.63) is 36.5 Å². The van der Waals surface area contributed by atoms with Gasteiger partial charge >= 0.3 is 0 Å². The van der Waals surface area contributed by atoms with Crippen LogP contribution in [0.5, 0.6) is 0 Å². The van der Waals surface area contributed by atoms with Crippen molar-refractivity contribution >= 4 is 27.9 Å². The molecule has 0 radical (unpaired) electrons. The molecule has 0 aliphatic carbocycles. The largest absolute Gasteiger partial charge is 0.334 e. The molecule has 18 heavy (non-hydrogen) atoms. The molecule has 1 aromatic heterocycles. The van der Waals surface area contributed by atoms with E-state index in [1.165, 1.54) is 11.8 Å². The Morgan fingerprint density at radius 3 is 2.72 bits per heavy atom. The van der Waals surface area contributed by atoms with Crippen LogP contribution in [0.3, 0.4) is 0 Å². The van der Waals surface area contributed by atoms with Crippen LogP contribution < -0.4 is 0 Å². The van der Waals surface area contributed by atoms with E-state index in [1.807, 2.05) is 49.1 Å². The Labute approximate surface area is 111 Å². The van der Waals surface area contributed by atoms with Gasteiger partial charge < -0.3 is 4.90 Å². The molecule has 0 atom stereocenters. The predicted octanol–water partition coefficient (Wildman–Crippen LogP) is 3.79. The normalized spacial score (nSPS) is 10.6. The lowest BCUT2D eigenvalue weighted by Crippen LogP contribution is -2.26. The van der Waals surface area contributed by atoms with E-state index in [4.69, 9.17) is 0 Å². The maximum atomic E-state index is 12.1. The monoisotopic (exact) mass is 260 g/mol. The number of rotatable bonds is 3. The molecule has 0 aliphatic rings. The molecule has 0 unspecified atom stereocenters. The van der Waals surface area contributed by atoms with E-state index in [0.29, 0.717) is 0 Å². The highest BCUT2D eigenvalue weighted by atomic mass is 32.2. The first-order valence-electron chi connectivity index (χ1n) is 6.06. The SMILES string of the molecule is CCN(CC)C(=O)Sc1cccc2ncccc12. The fraction of sp³-hybridized carbons (Fsp3) is 0.286. The van der Waals surface area contributed by atoms with Gasteiger partial charge in [0.05, 0.1) is 5.52 Å². The Bertz CT molecular complexity index is 547. The number of aromatic nitrogens is 1. The number of pyridine rings is 1. The van der Waals surface area contributed by atoms with Crippen molar-refractivity contribution in [2.24, 2.45) is 0 Å². The van der Waals surface area contributed by atoms with E-state index in [0.717, 1.165) is 28.9 Å². The maximum Gasteiger partial charge on any atom is 0.286 e. The van der Waals surface area contributed by atoms with Gasteiger partial charge in [-0.25, -0.2) is 0 Å². The second-order valence-electron chi connectivity index (χ2n) is 3.87. The molecule has 0 N–H and O–H groups in total. The van der Waals surface area contributed by atoms with Gasteiger partial charge in [-0.1, -0.05) is 12.1 Å². The Kier molecular flexibility index (Phi) is 4.20. The van der Waals surface area contributed by atoms with Crippen molar-refractivity contribution in [2.45, 2.75) is 18.7 Å². The summed E-state index contributed by atoms with van der Waals surface area (Å²) in [6.07, 6.45) is 1.77. The van der Waals surface area contributed by atoms with Crippen LogP contribution >= 0.6 is 11.8 Å². The minimum absolute atomic E-state index is 0.0938. The molecule has 1 aromatic carbocycles. The van der Waals surface area contributed by atoms with Gasteiger partial charge in [0.2, 0.25) is 0 Å². The summed E-state index contributed by atoms with van der Waals surface area (Å²) in [5.41, 5.74) is 0.926. The van der Waals surface area contributed by atoms with Crippen molar-refractivity contribution in [1.29, 1.82) is 0 Å². The molecule has 2 rings (SSSR count). The van der Waals surface area contributed by atoms with Gasteiger partial charge in [0.1, 0.15) is 0 Å². The fourth-order valence-electron chi connectivity index (χ4n) is 1.80. The quantitative estimate of drug-likeness (QED) is 0.787. The summed E-state index contributed by atoms with van der Waals surface area (Å²) in [7, 11) is 0. The number of thioether (sulfide) groups is 1. The number of nitrogens with zero attached hydrogens (tertiary/aromatic N) is 2. The summed E-state index contributed by atoms with van der Waals surface area (Å²) in [6.45, 7) is 5.47. The van der Waals surface area contributed by atoms with E-state index in [2.05, 4.69) is 4.98 Å². The zero-order valence-corrected chi connectivity index (χ0v) is 11.4. The molecule has 0 saturated carbocycles. The van der Waals surface area contributed by atoms with Crippen LogP contribution in [0.4, 0.5) is 4.79 Å². The van der Waals surface area contributed by atoms with Gasteiger partial charge in [-0.05, 0) is 43.8 Å². The Hall–Kier alpha value is -1.55. The highest BCUT2D eigenvalue weighted by Gasteiger charge is 2.13. The van der Waals surface area contributed by atoms with Crippen molar-refractivity contribution in [1.82, 2.24) is 9.88 Å². The summed E-state index contributed by atoms with van der Waals surface area (Å²) in [5.74, 6) is 0. The standard InChI is InChI=1S/C14H16N2OS/c1-3-16(4-2)14(17)18-13-9-5-8-12-11(13)7-6-10-15-12/h5-10H,3-4H2,1-2H3. The van der Waals surface area contributed by atoms with E-state index in [9.17, 15) is 4.79 Å². The van der Waals surface area contributed by atoms with Crippen LogP contribution in [0.15, 0.2) is 41.4 Å². The van der Waals surface area contributed by atoms with Crippen LogP contribution in [-0.4, -0.2) is 28.2 Å². The van der Waals surface area contributed by atoms with Gasteiger partial charge in [0.15, 0.2) is 0 Å². The fourth-order valence-corrected chi connectivity index (χ4v) is 2.81. The number of carbonyl (C=O) groups is 1. The zero-order valence-electron chi connectivity index (χ0n) is 10.6. The van der Waals surface area contributed by atoms with E-state index in [-0.39, 0.29) is 5.24 Å². The first kappa shape index (κ1) is 12.9. The van der Waals surface area contributed by atoms with E-state index in [1.54, 1.807) is 6.20 Å². The summed E-state index contributed by atoms with van der Waals surface area (Å²) < 4.78 is 0. The van der Waals surface area contributed by atoms with Gasteiger partial charge in [-0.15, -0.1) is 0 Å². The molecule has 4 heteroatoms. The zero-order chi connectivity index (χ0) is 13.0. The summed E-state index contributed by atoms with van der Waals surface area (Å²) in [4.78, 5) is 19.2. The van der Waals surface area contributed by atoms with E-state index >= 15 is 0 Å². The molecule has 0 aliphatic heterocycles. The van der Waals surface area contributed by atoms with E-state index < -0.39 is 0 Å². The second-order valence-corrected chi connectivity index (χ2v) is 4.86. The molecule has 0 bridgehead atoms. The third kappa shape index (κ3) is 2.64. The molecular weight excluding hydrogens is 244 g/mol. The van der Waals surface area contributed by atoms with Crippen molar-refractivity contribution in [3.63, 3.8) is 0 Å². The van der Waals surface area contributed by atoms with Crippen molar-refractivity contribution < 1.29 is 4.79 Å². The molecular formula is C14H16N2OS. The topological polar surface area (TPSA) is 33.2 Å². The first-order valence-corrected chi connectivity index (χ1v) is 6.88. The summed E-state index contributed by atoms with van der Waals surface area (Å²) >= 11 is 1.28. The average Bonchev–Trinajstić information content (AvgIpc) is 2.40. The van der Waals surface area contributed by atoms with Gasteiger partial charge in [-0.3, -0.25) is 9.78 Å². The third-order valence-electron chi connectivity index (χ3n) is 2.82. The minimum Gasteiger partial charge on any atom is -0.334 e. The minimum atomic E-state index is 0.0938. The Morgan fingerprint density at radius 1 is 1.22 bits per heavy atom. The number of benzene rings is 1. The lowest BCUT2D eigenvalue weighted by molar-refractivity contribution is 0.228. The number of hydrogen-bond acceptors (Lipinski definition) is 3. The summed E-state index contributed by atoms with van der Waals surface area (Å²) in [6, 6.07) is 9.76. The molecule has 0 saturated heterocycles. The Balaban J connectivity index is 2.29. The van der Waals surface area contributed by atoms with Gasteiger partial charge in [-0.2, -0.15) is 0 Å². The molecule has 0 spiro atoms. The maximum absolute atomic E-state index is 12.1. The lowest BCUT2D eigenvalue weighted by Gasteiger charge is -2.18. The van der Waals surface area contributed by atoms with Crippen LogP contribution in [-0.2, 0) is 0 Å². The van der Waals surface area contributed by atoms with Gasteiger partial charge in [0.25, 0.3) is 5.24 Å². The Morgan fingerprint density at radius 2 is 2.00 bits per heavy atom. The number of fused-ring (bicyclic) bond motifs is 1. The van der Waals surface area contributed by atoms with Crippen LogP contribution in [0.25, 0.3) is 10.9 Å². The van der Waals surface area contributed by atoms with Crippen molar-refractivity contribution in [2.75, 3.05) is 13.1 Å².